The van der Waals surface area contributed by atoms with Gasteiger partial charge in [0.15, 0.2) is 6.10 Å². The summed E-state index contributed by atoms with van der Waals surface area (Å²) in [6.45, 7) is 6.60. The van der Waals surface area contributed by atoms with Gasteiger partial charge in [0.05, 0.1) is 0 Å². The quantitative estimate of drug-likeness (QED) is 0.0269. The van der Waals surface area contributed by atoms with Crippen LogP contribution in [-0.4, -0.2) is 37.2 Å². The Bertz CT molecular complexity index is 809. The molecule has 306 valence electrons. The standard InChI is InChI=1S/C46H86O6/c1-4-7-10-13-16-19-21-22-23-25-27-30-33-36-39-45(48)51-42-43(41-50-44(47)38-35-32-29-26-18-15-12-9-6-3)52-46(49)40-37-34-31-28-24-20-17-14-11-8-5-2/h21-22,43H,4-20,23-42H2,1-3H3/b22-21-/t43-/m1/s1. The molecule has 0 aliphatic rings. The molecule has 0 radical (unpaired) electrons. The van der Waals surface area contributed by atoms with E-state index in [-0.39, 0.29) is 31.1 Å². The first-order chi connectivity index (χ1) is 25.5. The van der Waals surface area contributed by atoms with Gasteiger partial charge in [0.2, 0.25) is 0 Å². The third kappa shape index (κ3) is 39.4. The highest BCUT2D eigenvalue weighted by Gasteiger charge is 2.19. The van der Waals surface area contributed by atoms with Crippen molar-refractivity contribution < 1.29 is 28.6 Å². The van der Waals surface area contributed by atoms with Crippen molar-refractivity contribution in [3.05, 3.63) is 12.2 Å². The second kappa shape index (κ2) is 41.9. The normalized spacial score (nSPS) is 12.0. The number of carbonyl (C=O) groups is 3. The highest BCUT2D eigenvalue weighted by atomic mass is 16.6. The Kier molecular flexibility index (Phi) is 40.4. The molecule has 0 unspecified atom stereocenters. The van der Waals surface area contributed by atoms with Gasteiger partial charge in [-0.05, 0) is 44.9 Å². The van der Waals surface area contributed by atoms with Crippen LogP contribution in [-0.2, 0) is 28.6 Å². The molecule has 0 aliphatic carbocycles. The fourth-order valence-electron chi connectivity index (χ4n) is 6.55. The van der Waals surface area contributed by atoms with E-state index in [1.807, 2.05) is 0 Å². The average Bonchev–Trinajstić information content (AvgIpc) is 3.14. The average molecular weight is 735 g/mol. The van der Waals surface area contributed by atoms with Crippen molar-refractivity contribution in [2.24, 2.45) is 0 Å². The van der Waals surface area contributed by atoms with Crippen LogP contribution in [0.25, 0.3) is 0 Å². The molecule has 0 spiro atoms. The second-order valence-corrected chi connectivity index (χ2v) is 15.3. The Balaban J connectivity index is 4.33. The molecule has 0 amide bonds. The summed E-state index contributed by atoms with van der Waals surface area (Å²) in [7, 11) is 0. The van der Waals surface area contributed by atoms with E-state index in [1.54, 1.807) is 0 Å². The molecule has 0 rings (SSSR count). The van der Waals surface area contributed by atoms with Crippen molar-refractivity contribution in [3.8, 4) is 0 Å². The lowest BCUT2D eigenvalue weighted by molar-refractivity contribution is -0.167. The van der Waals surface area contributed by atoms with E-state index in [2.05, 4.69) is 32.9 Å². The predicted molar refractivity (Wildman–Crippen MR) is 220 cm³/mol. The number of rotatable bonds is 41. The number of hydrogen-bond donors (Lipinski definition) is 0. The van der Waals surface area contributed by atoms with Crippen LogP contribution in [0.5, 0.6) is 0 Å². The number of ether oxygens (including phenoxy) is 3. The van der Waals surface area contributed by atoms with Gasteiger partial charge in [0.25, 0.3) is 0 Å². The fourth-order valence-corrected chi connectivity index (χ4v) is 6.55. The first-order valence-corrected chi connectivity index (χ1v) is 22.7. The van der Waals surface area contributed by atoms with E-state index < -0.39 is 6.10 Å². The number of esters is 3. The largest absolute Gasteiger partial charge is 0.462 e. The third-order valence-corrected chi connectivity index (χ3v) is 10.0. The predicted octanol–water partition coefficient (Wildman–Crippen LogP) is 14.3. The molecule has 0 aliphatic heterocycles. The molecule has 1 atom stereocenters. The Morgan fingerprint density at radius 1 is 0.365 bits per heavy atom. The van der Waals surface area contributed by atoms with Crippen molar-refractivity contribution in [3.63, 3.8) is 0 Å². The van der Waals surface area contributed by atoms with Gasteiger partial charge >= 0.3 is 17.9 Å². The highest BCUT2D eigenvalue weighted by molar-refractivity contribution is 5.71. The smallest absolute Gasteiger partial charge is 0.306 e. The van der Waals surface area contributed by atoms with E-state index >= 15 is 0 Å². The van der Waals surface area contributed by atoms with Gasteiger partial charge in [-0.2, -0.15) is 0 Å². The molecule has 6 heteroatoms. The zero-order chi connectivity index (χ0) is 38.0. The van der Waals surface area contributed by atoms with E-state index in [0.29, 0.717) is 19.3 Å². The van der Waals surface area contributed by atoms with Gasteiger partial charge in [-0.1, -0.05) is 193 Å². The Hall–Kier alpha value is -1.85. The van der Waals surface area contributed by atoms with Gasteiger partial charge in [0, 0.05) is 19.3 Å². The first kappa shape index (κ1) is 50.1. The van der Waals surface area contributed by atoms with E-state index in [9.17, 15) is 14.4 Å². The molecule has 0 saturated carbocycles. The molecular weight excluding hydrogens is 648 g/mol. The van der Waals surface area contributed by atoms with Crippen LogP contribution < -0.4 is 0 Å². The Morgan fingerprint density at radius 3 is 0.962 bits per heavy atom. The third-order valence-electron chi connectivity index (χ3n) is 10.0. The maximum Gasteiger partial charge on any atom is 0.306 e. The molecule has 0 fully saturated rings. The van der Waals surface area contributed by atoms with Crippen molar-refractivity contribution >= 4 is 17.9 Å². The topological polar surface area (TPSA) is 78.9 Å². The van der Waals surface area contributed by atoms with Crippen LogP contribution in [0, 0.1) is 0 Å². The van der Waals surface area contributed by atoms with Crippen molar-refractivity contribution in [2.45, 2.75) is 252 Å². The van der Waals surface area contributed by atoms with Gasteiger partial charge < -0.3 is 14.2 Å². The maximum absolute atomic E-state index is 12.7. The summed E-state index contributed by atoms with van der Waals surface area (Å²) in [5, 5.41) is 0. The molecule has 0 aromatic heterocycles. The molecule has 0 bridgehead atoms. The monoisotopic (exact) mass is 735 g/mol. The number of hydrogen-bond acceptors (Lipinski definition) is 6. The maximum atomic E-state index is 12.7. The summed E-state index contributed by atoms with van der Waals surface area (Å²) in [4.78, 5) is 37.6. The van der Waals surface area contributed by atoms with E-state index in [1.165, 1.54) is 141 Å². The molecule has 0 saturated heterocycles. The lowest BCUT2D eigenvalue weighted by Crippen LogP contribution is -2.30. The number of allylic oxidation sites excluding steroid dienone is 2. The summed E-state index contributed by atoms with van der Waals surface area (Å²) in [6.07, 6.45) is 43.3. The lowest BCUT2D eigenvalue weighted by atomic mass is 10.1. The molecule has 0 heterocycles. The Morgan fingerprint density at radius 2 is 0.635 bits per heavy atom. The summed E-state index contributed by atoms with van der Waals surface area (Å²) in [6, 6.07) is 0. The van der Waals surface area contributed by atoms with E-state index in [0.717, 1.165) is 64.2 Å². The van der Waals surface area contributed by atoms with E-state index in [4.69, 9.17) is 14.2 Å². The van der Waals surface area contributed by atoms with Crippen LogP contribution in [0.4, 0.5) is 0 Å². The van der Waals surface area contributed by atoms with Crippen LogP contribution in [0.1, 0.15) is 245 Å². The fraction of sp³-hybridized carbons (Fsp3) is 0.891. The zero-order valence-corrected chi connectivity index (χ0v) is 34.8. The van der Waals surface area contributed by atoms with Crippen LogP contribution in [0.15, 0.2) is 12.2 Å². The molecular formula is C46H86O6. The molecule has 52 heavy (non-hydrogen) atoms. The molecule has 6 nitrogen and oxygen atoms in total. The SMILES string of the molecule is CCCCCCC/C=C\CCCCCCCC(=O)OC[C@@H](COC(=O)CCCCCCCCCCC)OC(=O)CCCCCCCCCCCCC. The summed E-state index contributed by atoms with van der Waals surface area (Å²) >= 11 is 0. The minimum Gasteiger partial charge on any atom is -0.462 e. The molecule has 0 aromatic rings. The second-order valence-electron chi connectivity index (χ2n) is 15.3. The van der Waals surface area contributed by atoms with Crippen LogP contribution in [0.3, 0.4) is 0 Å². The van der Waals surface area contributed by atoms with Gasteiger partial charge in [-0.15, -0.1) is 0 Å². The Labute approximate surface area is 322 Å². The van der Waals surface area contributed by atoms with Crippen molar-refractivity contribution in [2.75, 3.05) is 13.2 Å². The van der Waals surface area contributed by atoms with Crippen LogP contribution >= 0.6 is 0 Å². The van der Waals surface area contributed by atoms with Gasteiger partial charge in [-0.25, -0.2) is 0 Å². The number of carbonyl (C=O) groups excluding carboxylic acids is 3. The van der Waals surface area contributed by atoms with Gasteiger partial charge in [-0.3, -0.25) is 14.4 Å². The summed E-state index contributed by atoms with van der Waals surface area (Å²) in [5.41, 5.74) is 0. The minimum absolute atomic E-state index is 0.0686. The van der Waals surface area contributed by atoms with Crippen molar-refractivity contribution in [1.82, 2.24) is 0 Å². The van der Waals surface area contributed by atoms with Crippen LogP contribution in [0.2, 0.25) is 0 Å². The highest BCUT2D eigenvalue weighted by Crippen LogP contribution is 2.15. The van der Waals surface area contributed by atoms with Gasteiger partial charge in [0.1, 0.15) is 13.2 Å². The summed E-state index contributed by atoms with van der Waals surface area (Å²) < 4.78 is 16.7. The lowest BCUT2D eigenvalue weighted by Gasteiger charge is -2.18. The first-order valence-electron chi connectivity index (χ1n) is 22.7. The minimum atomic E-state index is -0.763. The molecule has 0 aromatic carbocycles. The number of unbranched alkanes of at least 4 members (excludes halogenated alkanes) is 28. The van der Waals surface area contributed by atoms with Crippen molar-refractivity contribution in [1.29, 1.82) is 0 Å². The molecule has 0 N–H and O–H groups in total. The summed E-state index contributed by atoms with van der Waals surface area (Å²) in [5.74, 6) is -0.873. The zero-order valence-electron chi connectivity index (χ0n) is 34.8.